The number of aromatic nitrogens is 1. The molecule has 1 aromatic rings. The minimum absolute atomic E-state index is 0.109. The molecule has 2 heterocycles. The van der Waals surface area contributed by atoms with Crippen molar-refractivity contribution in [3.05, 3.63) is 10.0 Å². The molecule has 1 unspecified atom stereocenters. The van der Waals surface area contributed by atoms with E-state index in [1.165, 1.54) is 17.8 Å². The van der Waals surface area contributed by atoms with E-state index < -0.39 is 5.97 Å². The summed E-state index contributed by atoms with van der Waals surface area (Å²) in [4.78, 5) is 17.5. The number of carboxylic acid groups (broad SMARTS) is 1. The monoisotopic (exact) mass is 274 g/mol. The molecular weight excluding hydrogens is 260 g/mol. The standard InChI is InChI=1S/C11H15ClN2O2S/c1-2-7-5-3-4-6-14(7)11-13-9(12)8(17-11)10(15)16/h7H,2-6H2,1H3,(H,15,16). The highest BCUT2D eigenvalue weighted by Crippen LogP contribution is 2.33. The van der Waals surface area contributed by atoms with E-state index >= 15 is 0 Å². The van der Waals surface area contributed by atoms with Crippen molar-refractivity contribution in [3.8, 4) is 0 Å². The summed E-state index contributed by atoms with van der Waals surface area (Å²) < 4.78 is 0. The SMILES string of the molecule is CCC1CCCCN1c1nc(Cl)c(C(=O)O)s1. The van der Waals surface area contributed by atoms with Crippen molar-refractivity contribution in [1.82, 2.24) is 4.98 Å². The van der Waals surface area contributed by atoms with Crippen molar-refractivity contribution in [1.29, 1.82) is 0 Å². The summed E-state index contributed by atoms with van der Waals surface area (Å²) in [6.07, 6.45) is 4.58. The van der Waals surface area contributed by atoms with Crippen LogP contribution in [0.2, 0.25) is 5.15 Å². The quantitative estimate of drug-likeness (QED) is 0.919. The molecule has 0 saturated carbocycles. The van der Waals surface area contributed by atoms with Gasteiger partial charge in [-0.3, -0.25) is 0 Å². The van der Waals surface area contributed by atoms with E-state index in [0.29, 0.717) is 6.04 Å². The van der Waals surface area contributed by atoms with Crippen LogP contribution >= 0.6 is 22.9 Å². The van der Waals surface area contributed by atoms with Crippen LogP contribution < -0.4 is 4.90 Å². The lowest BCUT2D eigenvalue weighted by Crippen LogP contribution is -2.39. The smallest absolute Gasteiger partial charge is 0.349 e. The number of anilines is 1. The maximum atomic E-state index is 10.9. The summed E-state index contributed by atoms with van der Waals surface area (Å²) >= 11 is 7.02. The summed E-state index contributed by atoms with van der Waals surface area (Å²) in [5.41, 5.74) is 0. The van der Waals surface area contributed by atoms with Crippen LogP contribution in [0.5, 0.6) is 0 Å². The van der Waals surface area contributed by atoms with E-state index in [0.717, 1.165) is 30.9 Å². The first-order valence-electron chi connectivity index (χ1n) is 5.79. The molecule has 0 spiro atoms. The summed E-state index contributed by atoms with van der Waals surface area (Å²) in [6, 6.07) is 0.465. The second-order valence-corrected chi connectivity index (χ2v) is 5.51. The van der Waals surface area contributed by atoms with Crippen molar-refractivity contribution in [2.24, 2.45) is 0 Å². The van der Waals surface area contributed by atoms with Gasteiger partial charge in [0.25, 0.3) is 0 Å². The van der Waals surface area contributed by atoms with Crippen molar-refractivity contribution in [3.63, 3.8) is 0 Å². The highest BCUT2D eigenvalue weighted by molar-refractivity contribution is 7.18. The van der Waals surface area contributed by atoms with Gasteiger partial charge in [-0.1, -0.05) is 29.9 Å². The molecule has 1 aliphatic heterocycles. The summed E-state index contributed by atoms with van der Waals surface area (Å²) in [7, 11) is 0. The first-order valence-corrected chi connectivity index (χ1v) is 6.99. The number of carbonyl (C=O) groups is 1. The van der Waals surface area contributed by atoms with Gasteiger partial charge in [0.15, 0.2) is 15.2 Å². The molecule has 1 N–H and O–H groups in total. The molecule has 1 aliphatic rings. The second kappa shape index (κ2) is 5.23. The molecule has 0 bridgehead atoms. The van der Waals surface area contributed by atoms with Gasteiger partial charge < -0.3 is 10.0 Å². The van der Waals surface area contributed by atoms with Crippen LogP contribution in [-0.2, 0) is 0 Å². The Balaban J connectivity index is 2.26. The molecule has 1 saturated heterocycles. The normalized spacial score (nSPS) is 20.6. The van der Waals surface area contributed by atoms with E-state index in [1.807, 2.05) is 0 Å². The van der Waals surface area contributed by atoms with Gasteiger partial charge in [0.2, 0.25) is 0 Å². The van der Waals surface area contributed by atoms with Crippen LogP contribution in [0, 0.1) is 0 Å². The van der Waals surface area contributed by atoms with Crippen LogP contribution in [0.15, 0.2) is 0 Å². The van der Waals surface area contributed by atoms with Gasteiger partial charge in [0.05, 0.1) is 0 Å². The number of aromatic carboxylic acids is 1. The highest BCUT2D eigenvalue weighted by Gasteiger charge is 2.26. The van der Waals surface area contributed by atoms with Gasteiger partial charge in [-0.15, -0.1) is 0 Å². The summed E-state index contributed by atoms with van der Waals surface area (Å²) in [5, 5.41) is 9.83. The fourth-order valence-electron chi connectivity index (χ4n) is 2.22. The third kappa shape index (κ3) is 2.55. The Morgan fingerprint density at radius 2 is 2.41 bits per heavy atom. The minimum Gasteiger partial charge on any atom is -0.477 e. The van der Waals surface area contributed by atoms with Gasteiger partial charge in [-0.2, -0.15) is 0 Å². The van der Waals surface area contributed by atoms with Gasteiger partial charge in [0, 0.05) is 12.6 Å². The Hall–Kier alpha value is -0.810. The van der Waals surface area contributed by atoms with E-state index in [4.69, 9.17) is 16.7 Å². The largest absolute Gasteiger partial charge is 0.477 e. The highest BCUT2D eigenvalue weighted by atomic mass is 35.5. The van der Waals surface area contributed by atoms with E-state index in [-0.39, 0.29) is 10.0 Å². The van der Waals surface area contributed by atoms with Crippen molar-refractivity contribution < 1.29 is 9.90 Å². The molecule has 0 aliphatic carbocycles. The maximum Gasteiger partial charge on any atom is 0.349 e. The lowest BCUT2D eigenvalue weighted by Gasteiger charge is -2.34. The molecule has 1 fully saturated rings. The fourth-order valence-corrected chi connectivity index (χ4v) is 3.44. The zero-order chi connectivity index (χ0) is 12.4. The van der Waals surface area contributed by atoms with Gasteiger partial charge in [0.1, 0.15) is 0 Å². The first kappa shape index (κ1) is 12.6. The molecule has 0 radical (unpaired) electrons. The fraction of sp³-hybridized carbons (Fsp3) is 0.636. The Morgan fingerprint density at radius 3 is 3.00 bits per heavy atom. The zero-order valence-electron chi connectivity index (χ0n) is 9.65. The summed E-state index contributed by atoms with van der Waals surface area (Å²) in [5.74, 6) is -0.996. The molecule has 94 valence electrons. The number of thiazole rings is 1. The first-order chi connectivity index (χ1) is 8.13. The molecule has 1 aromatic heterocycles. The van der Waals surface area contributed by atoms with Gasteiger partial charge >= 0.3 is 5.97 Å². The van der Waals surface area contributed by atoms with E-state index in [2.05, 4.69) is 16.8 Å². The van der Waals surface area contributed by atoms with Crippen LogP contribution in [0.25, 0.3) is 0 Å². The average Bonchev–Trinajstić information content (AvgIpc) is 2.71. The van der Waals surface area contributed by atoms with Gasteiger partial charge in [-0.05, 0) is 25.7 Å². The Labute approximate surface area is 109 Å². The lowest BCUT2D eigenvalue weighted by atomic mass is 10.0. The average molecular weight is 275 g/mol. The second-order valence-electron chi connectivity index (χ2n) is 4.17. The van der Waals surface area contributed by atoms with Crippen LogP contribution in [0.1, 0.15) is 42.3 Å². The predicted molar refractivity (Wildman–Crippen MR) is 69.4 cm³/mol. The number of hydrogen-bond donors (Lipinski definition) is 1. The van der Waals surface area contributed by atoms with Crippen LogP contribution in [-0.4, -0.2) is 28.6 Å². The topological polar surface area (TPSA) is 53.4 Å². The Morgan fingerprint density at radius 1 is 1.65 bits per heavy atom. The van der Waals surface area contributed by atoms with Crippen molar-refractivity contribution in [2.75, 3.05) is 11.4 Å². The van der Waals surface area contributed by atoms with E-state index in [9.17, 15) is 4.79 Å². The van der Waals surface area contributed by atoms with Gasteiger partial charge in [-0.25, -0.2) is 9.78 Å². The molecule has 6 heteroatoms. The molecule has 2 rings (SSSR count). The molecule has 4 nitrogen and oxygen atoms in total. The molecule has 17 heavy (non-hydrogen) atoms. The molecule has 1 atom stereocenters. The number of hydrogen-bond acceptors (Lipinski definition) is 4. The Kier molecular flexibility index (Phi) is 3.89. The predicted octanol–water partition coefficient (Wildman–Crippen LogP) is 3.26. The van der Waals surface area contributed by atoms with Crippen molar-refractivity contribution in [2.45, 2.75) is 38.6 Å². The number of rotatable bonds is 3. The number of halogens is 1. The number of piperidine rings is 1. The lowest BCUT2D eigenvalue weighted by molar-refractivity contribution is 0.0702. The molecule has 0 aromatic carbocycles. The van der Waals surface area contributed by atoms with Crippen LogP contribution in [0.3, 0.4) is 0 Å². The third-order valence-electron chi connectivity index (χ3n) is 3.11. The van der Waals surface area contributed by atoms with E-state index in [1.54, 1.807) is 0 Å². The van der Waals surface area contributed by atoms with Crippen LogP contribution in [0.4, 0.5) is 5.13 Å². The maximum absolute atomic E-state index is 10.9. The number of nitrogens with zero attached hydrogens (tertiary/aromatic N) is 2. The zero-order valence-corrected chi connectivity index (χ0v) is 11.2. The minimum atomic E-state index is -0.996. The third-order valence-corrected chi connectivity index (χ3v) is 4.58. The molecule has 0 amide bonds. The molecular formula is C11H15ClN2O2S. The Bertz CT molecular complexity index is 422. The van der Waals surface area contributed by atoms with Crippen molar-refractivity contribution >= 4 is 34.0 Å². The number of carboxylic acids is 1. The summed E-state index contributed by atoms with van der Waals surface area (Å²) in [6.45, 7) is 3.09.